The molecule has 0 amide bonds. The van der Waals surface area contributed by atoms with Gasteiger partial charge in [-0.3, -0.25) is 4.79 Å². The van der Waals surface area contributed by atoms with E-state index in [-0.39, 0.29) is 22.0 Å². The van der Waals surface area contributed by atoms with Gasteiger partial charge in [-0.2, -0.15) is 18.3 Å². The van der Waals surface area contributed by atoms with Crippen molar-refractivity contribution in [1.29, 1.82) is 0 Å². The van der Waals surface area contributed by atoms with Crippen molar-refractivity contribution in [2.75, 3.05) is 0 Å². The molecule has 2 aromatic carbocycles. The van der Waals surface area contributed by atoms with Gasteiger partial charge >= 0.3 is 6.18 Å². The van der Waals surface area contributed by atoms with E-state index in [2.05, 4.69) is 10.4 Å². The highest BCUT2D eigenvalue weighted by molar-refractivity contribution is 7.80. The highest BCUT2D eigenvalue weighted by Crippen LogP contribution is 2.46. The van der Waals surface area contributed by atoms with E-state index >= 15 is 0 Å². The Bertz CT molecular complexity index is 1250. The van der Waals surface area contributed by atoms with Gasteiger partial charge in [0.1, 0.15) is 16.9 Å². The summed E-state index contributed by atoms with van der Waals surface area (Å²) in [6.07, 6.45) is -5.28. The Hall–Kier alpha value is -3.02. The Kier molecular flexibility index (Phi) is 6.13. The molecule has 1 saturated heterocycles. The summed E-state index contributed by atoms with van der Waals surface area (Å²) >= 11 is 11.5. The summed E-state index contributed by atoms with van der Waals surface area (Å²) in [6, 6.07) is 10.9. The number of aryl methyl sites for hydroxylation is 1. The van der Waals surface area contributed by atoms with Gasteiger partial charge in [0.05, 0.1) is 17.4 Å². The van der Waals surface area contributed by atoms with E-state index in [4.69, 9.17) is 23.8 Å². The lowest BCUT2D eigenvalue weighted by molar-refractivity contribution is -0.285. The molecule has 1 aliphatic heterocycles. The van der Waals surface area contributed by atoms with Gasteiger partial charge in [-0.1, -0.05) is 41.9 Å². The average molecular weight is 513 g/mol. The van der Waals surface area contributed by atoms with Crippen LogP contribution in [0.15, 0.2) is 54.6 Å². The van der Waals surface area contributed by atoms with Crippen LogP contribution >= 0.6 is 23.8 Å². The van der Waals surface area contributed by atoms with Crippen LogP contribution in [0.5, 0.6) is 0 Å². The van der Waals surface area contributed by atoms with Crippen molar-refractivity contribution in [3.8, 4) is 5.69 Å². The number of hydrogen-bond acceptors (Lipinski definition) is 4. The Morgan fingerprint density at radius 3 is 2.38 bits per heavy atom. The lowest BCUT2D eigenvalue weighted by Gasteiger charge is -2.46. The maximum absolute atomic E-state index is 14.2. The molecule has 0 unspecified atom stereocenters. The monoisotopic (exact) mass is 512 g/mol. The molecule has 3 aromatic rings. The second-order valence-electron chi connectivity index (χ2n) is 7.73. The number of halogens is 5. The molecule has 3 N–H and O–H groups in total. The first kappa shape index (κ1) is 24.1. The van der Waals surface area contributed by atoms with Crippen molar-refractivity contribution >= 4 is 34.7 Å². The SMILES string of the molecule is Cc1nn(-c2ccc(F)cc2)c(Cl)c1[C@H]1NC(=S)N[C@](O)(C(F)(F)F)[C@H]1C(=O)c1ccccc1. The van der Waals surface area contributed by atoms with Crippen molar-refractivity contribution in [2.24, 2.45) is 5.92 Å². The van der Waals surface area contributed by atoms with Gasteiger partial charge in [-0.05, 0) is 43.4 Å². The normalized spacial score (nSPS) is 22.7. The Morgan fingerprint density at radius 2 is 1.79 bits per heavy atom. The van der Waals surface area contributed by atoms with Crippen LogP contribution in [-0.4, -0.2) is 37.7 Å². The largest absolute Gasteiger partial charge is 0.437 e. The first-order valence-electron chi connectivity index (χ1n) is 9.92. The van der Waals surface area contributed by atoms with E-state index in [0.29, 0.717) is 5.69 Å². The Morgan fingerprint density at radius 1 is 1.18 bits per heavy atom. The van der Waals surface area contributed by atoms with Crippen molar-refractivity contribution in [1.82, 2.24) is 20.4 Å². The number of carbonyl (C=O) groups excluding carboxylic acids is 1. The molecule has 0 aliphatic carbocycles. The number of alkyl halides is 3. The zero-order chi connectivity index (χ0) is 24.8. The highest BCUT2D eigenvalue weighted by atomic mass is 35.5. The molecule has 1 aliphatic rings. The third-order valence-electron chi connectivity index (χ3n) is 5.58. The number of ketones is 1. The van der Waals surface area contributed by atoms with E-state index in [1.54, 1.807) is 6.07 Å². The predicted octanol–water partition coefficient (Wildman–Crippen LogP) is 4.24. The third-order valence-corrected chi connectivity index (χ3v) is 6.16. The van der Waals surface area contributed by atoms with Crippen molar-refractivity contribution in [3.63, 3.8) is 0 Å². The fourth-order valence-corrected chi connectivity index (χ4v) is 4.65. The second-order valence-corrected chi connectivity index (χ2v) is 8.49. The zero-order valence-electron chi connectivity index (χ0n) is 17.4. The fourth-order valence-electron chi connectivity index (χ4n) is 3.98. The van der Waals surface area contributed by atoms with Gasteiger partial charge in [0.15, 0.2) is 10.9 Å². The van der Waals surface area contributed by atoms with Gasteiger partial charge < -0.3 is 15.7 Å². The molecule has 2 heterocycles. The van der Waals surface area contributed by atoms with Crippen LogP contribution in [-0.2, 0) is 0 Å². The van der Waals surface area contributed by atoms with E-state index in [9.17, 15) is 27.5 Å². The summed E-state index contributed by atoms with van der Waals surface area (Å²) < 4.78 is 57.1. The van der Waals surface area contributed by atoms with Gasteiger partial charge in [0.25, 0.3) is 0 Å². The molecular formula is C22H17ClF4N4O2S. The first-order valence-corrected chi connectivity index (χ1v) is 10.7. The Labute approximate surface area is 201 Å². The molecule has 12 heteroatoms. The van der Waals surface area contributed by atoms with Crippen LogP contribution in [0, 0.1) is 18.7 Å². The lowest BCUT2D eigenvalue weighted by Crippen LogP contribution is -2.72. The lowest BCUT2D eigenvalue weighted by atomic mass is 9.77. The molecule has 1 aromatic heterocycles. The maximum atomic E-state index is 14.2. The second kappa shape index (κ2) is 8.64. The van der Waals surface area contributed by atoms with E-state index in [1.807, 2.05) is 5.32 Å². The number of benzene rings is 2. The smallest absolute Gasteiger partial charge is 0.363 e. The number of hydrogen-bond donors (Lipinski definition) is 3. The summed E-state index contributed by atoms with van der Waals surface area (Å²) in [7, 11) is 0. The molecule has 178 valence electrons. The van der Waals surface area contributed by atoms with Gasteiger partial charge in [-0.25, -0.2) is 9.07 Å². The van der Waals surface area contributed by atoms with E-state index < -0.39 is 40.6 Å². The molecule has 1 fully saturated rings. The van der Waals surface area contributed by atoms with Gasteiger partial charge in [-0.15, -0.1) is 0 Å². The number of aromatic nitrogens is 2. The fraction of sp³-hybridized carbons (Fsp3) is 0.227. The van der Waals surface area contributed by atoms with E-state index in [0.717, 1.165) is 0 Å². The predicted molar refractivity (Wildman–Crippen MR) is 120 cm³/mol. The number of Topliss-reactive ketones (excluding diaryl/α,β-unsaturated/α-hetero) is 1. The molecule has 3 atom stereocenters. The molecule has 34 heavy (non-hydrogen) atoms. The number of carbonyl (C=O) groups is 1. The topological polar surface area (TPSA) is 79.2 Å². The van der Waals surface area contributed by atoms with E-state index in [1.165, 1.54) is 60.1 Å². The van der Waals surface area contributed by atoms with Crippen LogP contribution in [0.2, 0.25) is 5.15 Å². The first-order chi connectivity index (χ1) is 15.9. The molecule has 0 saturated carbocycles. The standard InChI is InChI=1S/C22H17ClF4N4O2S/c1-11-15(19(23)31(30-11)14-9-7-13(24)8-10-14)17-16(18(32)12-5-3-2-4-6-12)21(33,22(25,26)27)29-20(34)28-17/h2-10,16-17,33H,1H3,(H2,28,29,34)/t16-,17-,21-/m1/s1. The number of nitrogens with zero attached hydrogens (tertiary/aromatic N) is 2. The van der Waals surface area contributed by atoms with Gasteiger partial charge in [0.2, 0.25) is 5.72 Å². The number of aliphatic hydroxyl groups is 1. The molecule has 4 rings (SSSR count). The minimum Gasteiger partial charge on any atom is -0.363 e. The number of nitrogens with one attached hydrogen (secondary N) is 2. The molecule has 0 radical (unpaired) electrons. The highest BCUT2D eigenvalue weighted by Gasteiger charge is 2.66. The van der Waals surface area contributed by atoms with Crippen LogP contribution in [0.3, 0.4) is 0 Å². The van der Waals surface area contributed by atoms with Crippen molar-refractivity contribution < 1.29 is 27.5 Å². The number of rotatable bonds is 4. The summed E-state index contributed by atoms with van der Waals surface area (Å²) in [5, 5.41) is 19.0. The molecule has 6 nitrogen and oxygen atoms in total. The quantitative estimate of drug-likeness (QED) is 0.276. The Balaban J connectivity index is 1.90. The molecular weight excluding hydrogens is 496 g/mol. The minimum absolute atomic E-state index is 0.0341. The van der Waals surface area contributed by atoms with Crippen molar-refractivity contribution in [2.45, 2.75) is 24.9 Å². The minimum atomic E-state index is -5.28. The third kappa shape index (κ3) is 4.04. The van der Waals surface area contributed by atoms with Crippen LogP contribution < -0.4 is 10.6 Å². The number of thiocarbonyl (C=S) groups is 1. The van der Waals surface area contributed by atoms with Gasteiger partial charge in [0, 0.05) is 11.1 Å². The zero-order valence-corrected chi connectivity index (χ0v) is 19.0. The van der Waals surface area contributed by atoms with Crippen molar-refractivity contribution in [3.05, 3.63) is 82.4 Å². The summed E-state index contributed by atoms with van der Waals surface area (Å²) in [5.74, 6) is -3.61. The van der Waals surface area contributed by atoms with Crippen LogP contribution in [0.1, 0.15) is 27.7 Å². The molecule has 0 spiro atoms. The maximum Gasteiger partial charge on any atom is 0.437 e. The van der Waals surface area contributed by atoms with Crippen LogP contribution in [0.25, 0.3) is 5.69 Å². The summed E-state index contributed by atoms with van der Waals surface area (Å²) in [6.45, 7) is 1.49. The molecule has 0 bridgehead atoms. The average Bonchev–Trinajstić information content (AvgIpc) is 3.07. The summed E-state index contributed by atoms with van der Waals surface area (Å²) in [4.78, 5) is 13.4. The summed E-state index contributed by atoms with van der Waals surface area (Å²) in [5.41, 5.74) is -3.18. The van der Waals surface area contributed by atoms with Crippen LogP contribution in [0.4, 0.5) is 17.6 Å².